The lowest BCUT2D eigenvalue weighted by Crippen LogP contribution is -2.30. The fourth-order valence-corrected chi connectivity index (χ4v) is 1.97. The molecule has 4 heteroatoms. The van der Waals surface area contributed by atoms with Crippen molar-refractivity contribution in [1.82, 2.24) is 4.90 Å². The molecule has 2 rings (SSSR count). The van der Waals surface area contributed by atoms with Gasteiger partial charge in [0, 0.05) is 25.3 Å². The molecule has 1 aliphatic rings. The van der Waals surface area contributed by atoms with Gasteiger partial charge in [-0.15, -0.1) is 0 Å². The minimum absolute atomic E-state index is 0.186. The Morgan fingerprint density at radius 2 is 2.07 bits per heavy atom. The van der Waals surface area contributed by atoms with Gasteiger partial charge in [0.25, 0.3) is 0 Å². The number of β-amino-alcohol motifs (C(OH)–C–C–N with tert-alkyl or cyclic N) is 1. The van der Waals surface area contributed by atoms with Crippen molar-refractivity contribution in [3.8, 4) is 0 Å². The molecule has 0 spiro atoms. The van der Waals surface area contributed by atoms with Crippen molar-refractivity contribution in [1.29, 1.82) is 0 Å². The summed E-state index contributed by atoms with van der Waals surface area (Å²) in [5.74, 6) is 0. The summed E-state index contributed by atoms with van der Waals surface area (Å²) in [7, 11) is 0. The monoisotopic (exact) mass is 208 g/mol. The molecular formula is C11H16N2O2. The maximum atomic E-state index is 9.34. The summed E-state index contributed by atoms with van der Waals surface area (Å²) >= 11 is 0. The van der Waals surface area contributed by atoms with Crippen LogP contribution in [0.25, 0.3) is 0 Å². The molecule has 4 nitrogen and oxygen atoms in total. The molecule has 82 valence electrons. The highest BCUT2D eigenvalue weighted by Crippen LogP contribution is 2.24. The average Bonchev–Trinajstić information content (AvgIpc) is 2.59. The Bertz CT molecular complexity index is 354. The highest BCUT2D eigenvalue weighted by Gasteiger charge is 2.20. The Kier molecular flexibility index (Phi) is 2.90. The van der Waals surface area contributed by atoms with E-state index < -0.39 is 6.10 Å². The van der Waals surface area contributed by atoms with Gasteiger partial charge in [-0.2, -0.15) is 0 Å². The highest BCUT2D eigenvalue weighted by molar-refractivity contribution is 5.46. The number of nitrogens with zero attached hydrogens (tertiary/aromatic N) is 1. The molecule has 0 aromatic heterocycles. The molecule has 1 atom stereocenters. The molecule has 0 amide bonds. The van der Waals surface area contributed by atoms with E-state index in [0.717, 1.165) is 18.8 Å². The second kappa shape index (κ2) is 4.18. The predicted molar refractivity (Wildman–Crippen MR) is 58.1 cm³/mol. The third-order valence-electron chi connectivity index (χ3n) is 2.70. The number of rotatable bonds is 3. The Morgan fingerprint density at radius 3 is 2.80 bits per heavy atom. The lowest BCUT2D eigenvalue weighted by atomic mass is 10.1. The van der Waals surface area contributed by atoms with Gasteiger partial charge in [0.2, 0.25) is 0 Å². The van der Waals surface area contributed by atoms with Crippen LogP contribution in [0.15, 0.2) is 18.2 Å². The maximum absolute atomic E-state index is 9.34. The molecule has 4 N–H and O–H groups in total. The van der Waals surface area contributed by atoms with Gasteiger partial charge in [0.15, 0.2) is 0 Å². The Balaban J connectivity index is 2.03. The molecule has 0 fully saturated rings. The number of nitrogens with two attached hydrogens (primary N) is 1. The summed E-state index contributed by atoms with van der Waals surface area (Å²) in [6, 6.07) is 5.89. The zero-order chi connectivity index (χ0) is 10.8. The van der Waals surface area contributed by atoms with Crippen LogP contribution in [0.3, 0.4) is 0 Å². The van der Waals surface area contributed by atoms with Gasteiger partial charge in [-0.1, -0.05) is 6.07 Å². The van der Waals surface area contributed by atoms with Crippen molar-refractivity contribution in [2.75, 3.05) is 18.9 Å². The standard InChI is InChI=1S/C11H16N2O2/c12-10-2-1-8-4-13(5-9(8)3-10)6-11(15)7-14/h1-3,11,14-15H,4-7,12H2. The van der Waals surface area contributed by atoms with Gasteiger partial charge >= 0.3 is 0 Å². The van der Waals surface area contributed by atoms with Gasteiger partial charge < -0.3 is 15.9 Å². The molecule has 0 radical (unpaired) electrons. The van der Waals surface area contributed by atoms with Crippen LogP contribution in [-0.2, 0) is 13.1 Å². The molecule has 0 saturated heterocycles. The normalized spacial score (nSPS) is 17.7. The second-order valence-corrected chi connectivity index (χ2v) is 4.03. The fraction of sp³-hybridized carbons (Fsp3) is 0.455. The second-order valence-electron chi connectivity index (χ2n) is 4.03. The van der Waals surface area contributed by atoms with Crippen LogP contribution in [-0.4, -0.2) is 34.4 Å². The summed E-state index contributed by atoms with van der Waals surface area (Å²) in [4.78, 5) is 2.10. The van der Waals surface area contributed by atoms with E-state index in [1.807, 2.05) is 18.2 Å². The summed E-state index contributed by atoms with van der Waals surface area (Å²) in [6.45, 7) is 1.95. The first-order valence-electron chi connectivity index (χ1n) is 5.07. The zero-order valence-electron chi connectivity index (χ0n) is 8.56. The first-order chi connectivity index (χ1) is 7.19. The van der Waals surface area contributed by atoms with Crippen molar-refractivity contribution in [3.63, 3.8) is 0 Å². The third kappa shape index (κ3) is 2.28. The summed E-state index contributed by atoms with van der Waals surface area (Å²) in [6.07, 6.45) is -0.656. The van der Waals surface area contributed by atoms with E-state index >= 15 is 0 Å². The average molecular weight is 208 g/mol. The number of aliphatic hydroxyl groups is 2. The van der Waals surface area contributed by atoms with Crippen molar-refractivity contribution < 1.29 is 10.2 Å². The molecule has 0 aliphatic carbocycles. The lowest BCUT2D eigenvalue weighted by Gasteiger charge is -2.17. The van der Waals surface area contributed by atoms with Gasteiger partial charge in [-0.25, -0.2) is 0 Å². The predicted octanol–water partition coefficient (Wildman–Crippen LogP) is -0.0624. The molecule has 1 unspecified atom stereocenters. The van der Waals surface area contributed by atoms with E-state index in [4.69, 9.17) is 10.8 Å². The quantitative estimate of drug-likeness (QED) is 0.609. The molecule has 1 aromatic rings. The SMILES string of the molecule is Nc1ccc2c(c1)CN(CC(O)CO)C2. The van der Waals surface area contributed by atoms with Gasteiger partial charge in [-0.3, -0.25) is 4.90 Å². The number of nitrogen functional groups attached to an aromatic ring is 1. The number of aliphatic hydroxyl groups excluding tert-OH is 2. The molecule has 1 aromatic carbocycles. The first-order valence-corrected chi connectivity index (χ1v) is 5.07. The van der Waals surface area contributed by atoms with E-state index in [1.54, 1.807) is 0 Å². The van der Waals surface area contributed by atoms with Crippen molar-refractivity contribution in [2.45, 2.75) is 19.2 Å². The third-order valence-corrected chi connectivity index (χ3v) is 2.70. The molecule has 0 bridgehead atoms. The van der Waals surface area contributed by atoms with Crippen LogP contribution in [0, 0.1) is 0 Å². The maximum Gasteiger partial charge on any atom is 0.0897 e. The van der Waals surface area contributed by atoms with E-state index in [1.165, 1.54) is 11.1 Å². The minimum Gasteiger partial charge on any atom is -0.399 e. The number of hydrogen-bond acceptors (Lipinski definition) is 4. The highest BCUT2D eigenvalue weighted by atomic mass is 16.3. The van der Waals surface area contributed by atoms with Crippen molar-refractivity contribution in [3.05, 3.63) is 29.3 Å². The van der Waals surface area contributed by atoms with Crippen LogP contribution in [0.5, 0.6) is 0 Å². The lowest BCUT2D eigenvalue weighted by molar-refractivity contribution is 0.0582. The summed E-state index contributed by atoms with van der Waals surface area (Å²) in [5, 5.41) is 18.1. The van der Waals surface area contributed by atoms with Crippen molar-refractivity contribution in [2.24, 2.45) is 0 Å². The van der Waals surface area contributed by atoms with E-state index in [0.29, 0.717) is 6.54 Å². The first kappa shape index (κ1) is 10.4. The van der Waals surface area contributed by atoms with Crippen LogP contribution in [0.2, 0.25) is 0 Å². The number of benzene rings is 1. The Labute approximate surface area is 88.9 Å². The topological polar surface area (TPSA) is 69.7 Å². The van der Waals surface area contributed by atoms with Gasteiger partial charge in [0.1, 0.15) is 0 Å². The summed E-state index contributed by atoms with van der Waals surface area (Å²) in [5.41, 5.74) is 8.95. The molecule has 15 heavy (non-hydrogen) atoms. The van der Waals surface area contributed by atoms with E-state index in [2.05, 4.69) is 4.90 Å². The zero-order valence-corrected chi connectivity index (χ0v) is 8.56. The molecule has 1 heterocycles. The Hall–Kier alpha value is -1.10. The number of anilines is 1. The van der Waals surface area contributed by atoms with Gasteiger partial charge in [-0.05, 0) is 23.3 Å². The van der Waals surface area contributed by atoms with Crippen LogP contribution < -0.4 is 5.73 Å². The smallest absolute Gasteiger partial charge is 0.0897 e. The van der Waals surface area contributed by atoms with Crippen LogP contribution in [0.4, 0.5) is 5.69 Å². The van der Waals surface area contributed by atoms with E-state index in [9.17, 15) is 5.11 Å². The van der Waals surface area contributed by atoms with Crippen LogP contribution >= 0.6 is 0 Å². The van der Waals surface area contributed by atoms with E-state index in [-0.39, 0.29) is 6.61 Å². The molecule has 1 aliphatic heterocycles. The largest absolute Gasteiger partial charge is 0.399 e. The number of hydrogen-bond donors (Lipinski definition) is 3. The van der Waals surface area contributed by atoms with Crippen molar-refractivity contribution >= 4 is 5.69 Å². The summed E-state index contributed by atoms with van der Waals surface area (Å²) < 4.78 is 0. The van der Waals surface area contributed by atoms with Gasteiger partial charge in [0.05, 0.1) is 12.7 Å². The minimum atomic E-state index is -0.656. The fourth-order valence-electron chi connectivity index (χ4n) is 1.97. The number of fused-ring (bicyclic) bond motifs is 1. The van der Waals surface area contributed by atoms with Crippen LogP contribution in [0.1, 0.15) is 11.1 Å². The molecule has 0 saturated carbocycles. The Morgan fingerprint density at radius 1 is 1.33 bits per heavy atom. The molecular weight excluding hydrogens is 192 g/mol.